The Balaban J connectivity index is 1.74. The molecule has 0 aromatic heterocycles. The van der Waals surface area contributed by atoms with Gasteiger partial charge in [0.25, 0.3) is 0 Å². The van der Waals surface area contributed by atoms with Crippen LogP contribution in [-0.2, 0) is 38.0 Å². The molecule has 4 rings (SSSR count). The van der Waals surface area contributed by atoms with E-state index in [4.69, 9.17) is 23.7 Å². The minimum absolute atomic E-state index is 0.00483. The van der Waals surface area contributed by atoms with Crippen molar-refractivity contribution < 1.29 is 63.8 Å². The molecule has 0 saturated carbocycles. The van der Waals surface area contributed by atoms with Gasteiger partial charge in [-0.15, -0.1) is 0 Å². The van der Waals surface area contributed by atoms with Gasteiger partial charge in [0.1, 0.15) is 18.8 Å². The van der Waals surface area contributed by atoms with Crippen LogP contribution >= 0.6 is 0 Å². The molecular weight excluding hydrogens is 613 g/mol. The molecule has 0 radical (unpaired) electrons. The summed E-state index contributed by atoms with van der Waals surface area (Å²) in [5, 5.41) is 0. The monoisotopic (exact) mass is 638 g/mol. The van der Waals surface area contributed by atoms with Gasteiger partial charge in [-0.3, -0.25) is 4.18 Å². The second kappa shape index (κ2) is 14.0. The molecule has 1 fully saturated rings. The number of benzene rings is 3. The smallest absolute Gasteiger partial charge is 0.459 e. The SMILES string of the molecule is CO[C@@H]1O[C@H](COC(=O)c2ccccc2)[C@H](OS(=O)(=O)C(F)(F)F)[C@H](OC(=O)c2ccccc2)[C@H]1OC(=O)c1ccccc1. The standard InChI is InChI=1S/C29H25F3O11S/c1-38-28-24(42-27(35)20-15-9-4-10-16-20)23(41-26(34)19-13-7-3-8-14-19)22(43-44(36,37)29(30,31)32)21(40-28)17-39-25(33)18-11-5-2-6-12-18/h2-16,21-24,28H,17H2,1H3/t21-,22+,23+,24-,28-/m1/s1. The molecule has 1 saturated heterocycles. The summed E-state index contributed by atoms with van der Waals surface area (Å²) in [6.07, 6.45) is -9.81. The molecule has 234 valence electrons. The van der Waals surface area contributed by atoms with Crippen LogP contribution in [0.5, 0.6) is 0 Å². The molecule has 5 atom stereocenters. The van der Waals surface area contributed by atoms with Crippen LogP contribution in [0.3, 0.4) is 0 Å². The zero-order chi connectivity index (χ0) is 31.9. The van der Waals surface area contributed by atoms with E-state index >= 15 is 0 Å². The van der Waals surface area contributed by atoms with Gasteiger partial charge in [-0.2, -0.15) is 21.6 Å². The fourth-order valence-electron chi connectivity index (χ4n) is 4.13. The van der Waals surface area contributed by atoms with Gasteiger partial charge in [0, 0.05) is 7.11 Å². The average Bonchev–Trinajstić information content (AvgIpc) is 3.02. The van der Waals surface area contributed by atoms with Gasteiger partial charge in [0.15, 0.2) is 18.5 Å². The van der Waals surface area contributed by atoms with E-state index in [0.29, 0.717) is 0 Å². The summed E-state index contributed by atoms with van der Waals surface area (Å²) in [5.41, 5.74) is -5.94. The molecule has 0 amide bonds. The fourth-order valence-corrected chi connectivity index (χ4v) is 4.76. The third kappa shape index (κ3) is 7.79. The zero-order valence-corrected chi connectivity index (χ0v) is 23.6. The number of hydrogen-bond donors (Lipinski definition) is 0. The highest BCUT2D eigenvalue weighted by molar-refractivity contribution is 7.87. The third-order valence-electron chi connectivity index (χ3n) is 6.24. The zero-order valence-electron chi connectivity index (χ0n) is 22.8. The lowest BCUT2D eigenvalue weighted by Crippen LogP contribution is -2.63. The maximum absolute atomic E-state index is 13.5. The Morgan fingerprint density at radius 1 is 0.705 bits per heavy atom. The molecule has 15 heteroatoms. The topological polar surface area (TPSA) is 141 Å². The van der Waals surface area contributed by atoms with E-state index in [-0.39, 0.29) is 16.7 Å². The van der Waals surface area contributed by atoms with Gasteiger partial charge in [0.2, 0.25) is 0 Å². The number of alkyl halides is 3. The normalized spacial score (nSPS) is 22.0. The summed E-state index contributed by atoms with van der Waals surface area (Å²) in [5.74, 6) is -3.10. The van der Waals surface area contributed by atoms with Gasteiger partial charge in [0.05, 0.1) is 16.7 Å². The van der Waals surface area contributed by atoms with E-state index in [0.717, 1.165) is 7.11 Å². The first-order valence-corrected chi connectivity index (χ1v) is 14.2. The van der Waals surface area contributed by atoms with Crippen molar-refractivity contribution >= 4 is 28.0 Å². The quantitative estimate of drug-likeness (QED) is 0.138. The van der Waals surface area contributed by atoms with Crippen LogP contribution in [0.2, 0.25) is 0 Å². The third-order valence-corrected chi connectivity index (χ3v) is 7.28. The summed E-state index contributed by atoms with van der Waals surface area (Å²) in [7, 11) is -5.29. The van der Waals surface area contributed by atoms with Gasteiger partial charge < -0.3 is 23.7 Å². The average molecular weight is 639 g/mol. The largest absolute Gasteiger partial charge is 0.523 e. The number of halogens is 3. The minimum Gasteiger partial charge on any atom is -0.459 e. The number of hydrogen-bond acceptors (Lipinski definition) is 11. The summed E-state index contributed by atoms with van der Waals surface area (Å²) < 4.78 is 96.6. The molecule has 0 aliphatic carbocycles. The van der Waals surface area contributed by atoms with Crippen LogP contribution < -0.4 is 0 Å². The molecule has 1 aliphatic rings. The second-order valence-corrected chi connectivity index (χ2v) is 10.7. The van der Waals surface area contributed by atoms with Crippen LogP contribution in [0.4, 0.5) is 13.2 Å². The maximum atomic E-state index is 13.5. The van der Waals surface area contributed by atoms with Gasteiger partial charge >= 0.3 is 33.5 Å². The fraction of sp³-hybridized carbons (Fsp3) is 0.276. The Bertz CT molecular complexity index is 1530. The summed E-state index contributed by atoms with van der Waals surface area (Å²) in [6.45, 7) is -0.885. The molecule has 44 heavy (non-hydrogen) atoms. The molecule has 1 aliphatic heterocycles. The van der Waals surface area contributed by atoms with Gasteiger partial charge in [-0.25, -0.2) is 14.4 Å². The van der Waals surface area contributed by atoms with Crippen molar-refractivity contribution in [3.05, 3.63) is 108 Å². The molecule has 0 spiro atoms. The predicted octanol–water partition coefficient (Wildman–Crippen LogP) is 3.90. The Morgan fingerprint density at radius 2 is 1.14 bits per heavy atom. The summed E-state index contributed by atoms with van der Waals surface area (Å²) in [4.78, 5) is 38.7. The molecule has 1 heterocycles. The molecule has 0 bridgehead atoms. The highest BCUT2D eigenvalue weighted by Gasteiger charge is 2.57. The lowest BCUT2D eigenvalue weighted by Gasteiger charge is -2.43. The molecule has 0 N–H and O–H groups in total. The van der Waals surface area contributed by atoms with Gasteiger partial charge in [-0.05, 0) is 36.4 Å². The first-order valence-electron chi connectivity index (χ1n) is 12.8. The van der Waals surface area contributed by atoms with E-state index in [1.165, 1.54) is 72.8 Å². The van der Waals surface area contributed by atoms with E-state index in [9.17, 15) is 36.0 Å². The van der Waals surface area contributed by atoms with Crippen molar-refractivity contribution in [2.75, 3.05) is 13.7 Å². The van der Waals surface area contributed by atoms with Crippen molar-refractivity contribution in [1.82, 2.24) is 0 Å². The van der Waals surface area contributed by atoms with E-state index in [1.54, 1.807) is 18.2 Å². The van der Waals surface area contributed by atoms with Gasteiger partial charge in [-0.1, -0.05) is 54.6 Å². The number of ether oxygens (including phenoxy) is 5. The highest BCUT2D eigenvalue weighted by atomic mass is 32.2. The Labute approximate surface area is 249 Å². The van der Waals surface area contributed by atoms with Crippen molar-refractivity contribution in [2.45, 2.75) is 36.2 Å². The predicted molar refractivity (Wildman–Crippen MR) is 144 cm³/mol. The number of esters is 3. The van der Waals surface area contributed by atoms with Crippen molar-refractivity contribution in [3.63, 3.8) is 0 Å². The Kier molecular flexibility index (Phi) is 10.4. The van der Waals surface area contributed by atoms with E-state index in [1.807, 2.05) is 0 Å². The minimum atomic E-state index is -6.38. The van der Waals surface area contributed by atoms with Crippen LogP contribution in [0.15, 0.2) is 91.0 Å². The van der Waals surface area contributed by atoms with Crippen LogP contribution in [0, 0.1) is 0 Å². The number of carbonyl (C=O) groups excluding carboxylic acids is 3. The van der Waals surface area contributed by atoms with E-state index in [2.05, 4.69) is 4.18 Å². The lowest BCUT2D eigenvalue weighted by atomic mass is 9.98. The maximum Gasteiger partial charge on any atom is 0.523 e. The molecule has 3 aromatic rings. The second-order valence-electron chi connectivity index (χ2n) is 9.18. The first-order chi connectivity index (χ1) is 20.9. The molecule has 3 aromatic carbocycles. The molecular formula is C29H25F3O11S. The summed E-state index contributed by atoms with van der Waals surface area (Å²) in [6, 6.07) is 22.0. The first kappa shape index (κ1) is 32.6. The van der Waals surface area contributed by atoms with Crippen molar-refractivity contribution in [2.24, 2.45) is 0 Å². The van der Waals surface area contributed by atoms with Crippen molar-refractivity contribution in [1.29, 1.82) is 0 Å². The van der Waals surface area contributed by atoms with Crippen LogP contribution in [0.1, 0.15) is 31.1 Å². The molecule has 11 nitrogen and oxygen atoms in total. The van der Waals surface area contributed by atoms with Crippen LogP contribution in [-0.4, -0.2) is 76.3 Å². The Hall–Kier alpha value is -4.31. The van der Waals surface area contributed by atoms with Crippen molar-refractivity contribution in [3.8, 4) is 0 Å². The number of methoxy groups -OCH3 is 1. The summed E-state index contributed by atoms with van der Waals surface area (Å²) >= 11 is 0. The Morgan fingerprint density at radius 3 is 1.57 bits per heavy atom. The highest BCUT2D eigenvalue weighted by Crippen LogP contribution is 2.35. The number of rotatable bonds is 10. The van der Waals surface area contributed by atoms with E-state index < -0.39 is 70.8 Å². The number of carbonyl (C=O) groups is 3. The lowest BCUT2D eigenvalue weighted by molar-refractivity contribution is -0.288. The molecule has 0 unspecified atom stereocenters. The van der Waals surface area contributed by atoms with Crippen LogP contribution in [0.25, 0.3) is 0 Å².